The number of carbonyl (C=O) groups excluding carboxylic acids is 1. The summed E-state index contributed by atoms with van der Waals surface area (Å²) in [5, 5.41) is 1.40. The van der Waals surface area contributed by atoms with Crippen LogP contribution in [0.3, 0.4) is 0 Å². The van der Waals surface area contributed by atoms with Gasteiger partial charge < -0.3 is 18.3 Å². The number of carbonyl (C=O) groups is 1. The normalized spacial score (nSPS) is 18.3. The molecule has 0 aliphatic carbocycles. The third kappa shape index (κ3) is 9.89. The molecule has 1 saturated heterocycles. The van der Waals surface area contributed by atoms with Crippen LogP contribution in [0.15, 0.2) is 0 Å². The molecule has 0 bridgehead atoms. The molecule has 232 valence electrons. The van der Waals surface area contributed by atoms with Crippen LogP contribution in [0.4, 0.5) is 0 Å². The summed E-state index contributed by atoms with van der Waals surface area (Å²) >= 11 is 0. The molecule has 0 radical (unpaired) electrons. The van der Waals surface area contributed by atoms with Crippen molar-refractivity contribution >= 4 is 22.5 Å². The molecular weight excluding hydrogens is 527 g/mol. The monoisotopic (exact) mass is 589 g/mol. The van der Waals surface area contributed by atoms with Gasteiger partial charge in [-0.05, 0) is 47.6 Å². The van der Waals surface area contributed by atoms with Gasteiger partial charge in [0.05, 0.1) is 20.3 Å². The third-order valence-corrected chi connectivity index (χ3v) is 20.0. The van der Waals surface area contributed by atoms with Crippen molar-refractivity contribution in [1.82, 2.24) is 5.06 Å². The van der Waals surface area contributed by atoms with Gasteiger partial charge in [-0.1, -0.05) is 69.2 Å². The van der Waals surface area contributed by atoms with E-state index in [-0.39, 0.29) is 23.0 Å². The molecule has 2 atom stereocenters. The second-order valence-corrected chi connectivity index (χ2v) is 24.3. The predicted molar refractivity (Wildman–Crippen MR) is 166 cm³/mol. The fourth-order valence-electron chi connectivity index (χ4n) is 5.94. The minimum atomic E-state index is -1.99. The van der Waals surface area contributed by atoms with Crippen molar-refractivity contribution in [3.8, 4) is 0 Å². The van der Waals surface area contributed by atoms with Gasteiger partial charge in [0, 0.05) is 44.9 Å². The highest BCUT2D eigenvalue weighted by Crippen LogP contribution is 2.43. The third-order valence-electron chi connectivity index (χ3n) is 9.39. The maximum absolute atomic E-state index is 12.4. The molecule has 1 amide bonds. The van der Waals surface area contributed by atoms with Crippen molar-refractivity contribution in [1.29, 1.82) is 0 Å². The lowest BCUT2D eigenvalue weighted by atomic mass is 9.96. The second-order valence-electron chi connectivity index (χ2n) is 14.1. The highest BCUT2D eigenvalue weighted by Gasteiger charge is 2.46. The van der Waals surface area contributed by atoms with Crippen LogP contribution in [0.1, 0.15) is 101 Å². The summed E-state index contributed by atoms with van der Waals surface area (Å²) in [5.41, 5.74) is 1.67. The Morgan fingerprint density at radius 3 is 1.90 bits per heavy atom. The molecule has 0 aromatic rings. The topological polar surface area (TPSA) is 66.5 Å². The first kappa shape index (κ1) is 36.7. The molecule has 1 heterocycles. The van der Waals surface area contributed by atoms with Gasteiger partial charge in [0.25, 0.3) is 0 Å². The van der Waals surface area contributed by atoms with E-state index < -0.39 is 22.4 Å². The maximum Gasteiger partial charge on any atom is 0.246 e. The van der Waals surface area contributed by atoms with E-state index in [0.717, 1.165) is 25.9 Å². The average molecular weight is 590 g/mol. The SMILES string of the molecule is CON(C)C(=O)CCC1(CCC[C@H](O[Si](C)(C)C(C)(C)C)[C@@H](C)CO[Si](C(C)C)(C(C)C)C(C)C)OCCO1. The smallest absolute Gasteiger partial charge is 0.246 e. The van der Waals surface area contributed by atoms with Crippen LogP contribution < -0.4 is 0 Å². The van der Waals surface area contributed by atoms with E-state index in [1.165, 1.54) is 12.2 Å². The van der Waals surface area contributed by atoms with Crippen LogP contribution in [0.5, 0.6) is 0 Å². The lowest BCUT2D eigenvalue weighted by Crippen LogP contribution is -2.50. The van der Waals surface area contributed by atoms with Crippen molar-refractivity contribution in [3.05, 3.63) is 0 Å². The van der Waals surface area contributed by atoms with Crippen LogP contribution in [-0.2, 0) is 28.0 Å². The summed E-state index contributed by atoms with van der Waals surface area (Å²) in [6.07, 6.45) is 3.51. The predicted octanol–water partition coefficient (Wildman–Crippen LogP) is 7.92. The fraction of sp³-hybridized carbons (Fsp3) is 0.967. The molecular formula is C30H63NO6Si2. The van der Waals surface area contributed by atoms with Gasteiger partial charge in [0.15, 0.2) is 22.4 Å². The highest BCUT2D eigenvalue weighted by molar-refractivity contribution is 6.77. The standard InChI is InChI=1S/C30H63NO6Si2/c1-23(2)39(24(3)4,25(5)6)36-22-26(7)27(37-38(13,14)29(8,9)10)16-15-18-30(34-20-21-35-30)19-17-28(32)31(11)33-12/h23-27H,15-22H2,1-14H3/t26-,27-/m0/s1. The summed E-state index contributed by atoms with van der Waals surface area (Å²) in [5.74, 6) is -0.505. The number of hydrogen-bond donors (Lipinski definition) is 0. The zero-order chi connectivity index (χ0) is 30.2. The molecule has 7 nitrogen and oxygen atoms in total. The molecule has 0 unspecified atom stereocenters. The lowest BCUT2D eigenvalue weighted by molar-refractivity contribution is -0.184. The van der Waals surface area contributed by atoms with Crippen LogP contribution in [-0.4, -0.2) is 73.5 Å². The molecule has 1 fully saturated rings. The van der Waals surface area contributed by atoms with Crippen molar-refractivity contribution in [2.75, 3.05) is 34.0 Å². The molecule has 1 aliphatic heterocycles. The van der Waals surface area contributed by atoms with E-state index in [2.05, 4.69) is 82.3 Å². The van der Waals surface area contributed by atoms with Gasteiger partial charge in [0.1, 0.15) is 0 Å². The fourth-order valence-corrected chi connectivity index (χ4v) is 12.9. The second kappa shape index (κ2) is 15.3. The van der Waals surface area contributed by atoms with Crippen LogP contribution >= 0.6 is 0 Å². The van der Waals surface area contributed by atoms with Crippen molar-refractivity contribution in [2.45, 2.75) is 148 Å². The van der Waals surface area contributed by atoms with Gasteiger partial charge in [-0.3, -0.25) is 9.63 Å². The molecule has 1 aliphatic rings. The summed E-state index contributed by atoms with van der Waals surface area (Å²) < 4.78 is 26.3. The number of nitrogens with zero attached hydrogens (tertiary/aromatic N) is 1. The zero-order valence-corrected chi connectivity index (χ0v) is 29.9. The van der Waals surface area contributed by atoms with Gasteiger partial charge >= 0.3 is 0 Å². The van der Waals surface area contributed by atoms with E-state index in [4.69, 9.17) is 23.2 Å². The first-order valence-corrected chi connectivity index (χ1v) is 20.3. The van der Waals surface area contributed by atoms with Gasteiger partial charge in [-0.2, -0.15) is 0 Å². The summed E-state index contributed by atoms with van der Waals surface area (Å²) in [6.45, 7) is 29.8. The minimum Gasteiger partial charge on any atom is -0.416 e. The number of hydroxylamine groups is 2. The minimum absolute atomic E-state index is 0.0750. The molecule has 9 heteroatoms. The molecule has 0 aromatic heterocycles. The Morgan fingerprint density at radius 1 is 0.949 bits per heavy atom. The zero-order valence-electron chi connectivity index (χ0n) is 27.9. The van der Waals surface area contributed by atoms with Crippen LogP contribution in [0, 0.1) is 5.92 Å². The summed E-state index contributed by atoms with van der Waals surface area (Å²) in [6, 6.07) is 0. The van der Waals surface area contributed by atoms with Crippen molar-refractivity contribution < 1.29 is 28.0 Å². The first-order valence-electron chi connectivity index (χ1n) is 15.3. The van der Waals surface area contributed by atoms with E-state index in [9.17, 15) is 4.79 Å². The Hall–Kier alpha value is -0.296. The Morgan fingerprint density at radius 2 is 1.46 bits per heavy atom. The quantitative estimate of drug-likeness (QED) is 0.127. The molecule has 0 aromatic carbocycles. The van der Waals surface area contributed by atoms with Crippen LogP contribution in [0.2, 0.25) is 34.8 Å². The lowest BCUT2D eigenvalue weighted by Gasteiger charge is -2.45. The Bertz CT molecular complexity index is 710. The molecule has 0 N–H and O–H groups in total. The van der Waals surface area contributed by atoms with E-state index >= 15 is 0 Å². The van der Waals surface area contributed by atoms with Crippen LogP contribution in [0.25, 0.3) is 0 Å². The highest BCUT2D eigenvalue weighted by atomic mass is 28.4. The van der Waals surface area contributed by atoms with E-state index in [0.29, 0.717) is 42.7 Å². The molecule has 1 rings (SSSR count). The van der Waals surface area contributed by atoms with E-state index in [1.807, 2.05) is 0 Å². The molecule has 0 saturated carbocycles. The molecule has 39 heavy (non-hydrogen) atoms. The Labute approximate surface area is 243 Å². The number of rotatable bonds is 17. The maximum atomic E-state index is 12.4. The van der Waals surface area contributed by atoms with Gasteiger partial charge in [-0.15, -0.1) is 0 Å². The van der Waals surface area contributed by atoms with E-state index in [1.54, 1.807) is 7.05 Å². The largest absolute Gasteiger partial charge is 0.416 e. The molecule has 0 spiro atoms. The summed E-state index contributed by atoms with van der Waals surface area (Å²) in [4.78, 5) is 17.4. The first-order chi connectivity index (χ1) is 17.8. The van der Waals surface area contributed by atoms with Gasteiger partial charge in [-0.25, -0.2) is 5.06 Å². The van der Waals surface area contributed by atoms with Gasteiger partial charge in [0.2, 0.25) is 5.91 Å². The summed E-state index contributed by atoms with van der Waals surface area (Å²) in [7, 11) is -0.818. The van der Waals surface area contributed by atoms with Crippen molar-refractivity contribution in [3.63, 3.8) is 0 Å². The number of ether oxygens (including phenoxy) is 2. The Kier molecular flexibility index (Phi) is 14.4. The Balaban J connectivity index is 3.03. The van der Waals surface area contributed by atoms with Crippen molar-refractivity contribution in [2.24, 2.45) is 5.92 Å². The average Bonchev–Trinajstić information content (AvgIpc) is 3.29. The number of amides is 1. The number of hydrogen-bond acceptors (Lipinski definition) is 6.